The lowest BCUT2D eigenvalue weighted by Crippen LogP contribution is -2.52. The van der Waals surface area contributed by atoms with Crippen LogP contribution in [0.4, 0.5) is 22.7 Å². The number of carbonyl (C=O) groups excluding carboxylic acids is 1. The van der Waals surface area contributed by atoms with E-state index in [1.807, 2.05) is 55.6 Å². The number of nitrogens with zero attached hydrogens (tertiary/aromatic N) is 5. The summed E-state index contributed by atoms with van der Waals surface area (Å²) in [5, 5.41) is 8.55. The third kappa shape index (κ3) is 5.09. The highest BCUT2D eigenvalue weighted by atomic mass is 16.8. The first-order chi connectivity index (χ1) is 21.6. The van der Waals surface area contributed by atoms with Crippen molar-refractivity contribution in [2.45, 2.75) is 37.3 Å². The Morgan fingerprint density at radius 3 is 2.09 bits per heavy atom. The highest BCUT2D eigenvalue weighted by Gasteiger charge is 2.45. The molecule has 0 N–H and O–H groups in total. The molecule has 7 rings (SSSR count). The van der Waals surface area contributed by atoms with Crippen molar-refractivity contribution in [2.75, 3.05) is 38.2 Å². The minimum Gasteiger partial charge on any atom is -0.374 e. The zero-order valence-corrected chi connectivity index (χ0v) is 25.1. The van der Waals surface area contributed by atoms with Gasteiger partial charge in [-0.15, -0.1) is 0 Å². The maximum absolute atomic E-state index is 11.4. The molecule has 0 spiro atoms. The van der Waals surface area contributed by atoms with Crippen molar-refractivity contribution in [2.24, 2.45) is 10.3 Å². The van der Waals surface area contributed by atoms with E-state index in [4.69, 9.17) is 9.57 Å². The van der Waals surface area contributed by atoms with E-state index in [1.54, 1.807) is 0 Å². The predicted octanol–water partition coefficient (Wildman–Crippen LogP) is 7.70. The Balaban J connectivity index is 0.971. The van der Waals surface area contributed by atoms with Crippen molar-refractivity contribution in [1.29, 1.82) is 0 Å². The van der Waals surface area contributed by atoms with Gasteiger partial charge in [-0.3, -0.25) is 4.90 Å². The molecule has 2 aliphatic heterocycles. The van der Waals surface area contributed by atoms with Gasteiger partial charge in [-0.2, -0.15) is 0 Å². The topological polar surface area (TPSA) is 66.7 Å². The largest absolute Gasteiger partial charge is 0.374 e. The number of para-hydroxylation sites is 1. The van der Waals surface area contributed by atoms with Crippen molar-refractivity contribution in [3.05, 3.63) is 109 Å². The van der Waals surface area contributed by atoms with Crippen LogP contribution in [0.5, 0.6) is 0 Å². The van der Waals surface area contributed by atoms with E-state index in [0.717, 1.165) is 50.1 Å². The minimum atomic E-state index is -0.425. The van der Waals surface area contributed by atoms with E-state index in [0.29, 0.717) is 29.6 Å². The Kier molecular flexibility index (Phi) is 7.72. The average Bonchev–Trinajstić information content (AvgIpc) is 3.48. The summed E-state index contributed by atoms with van der Waals surface area (Å²) < 4.78 is 5.69. The summed E-state index contributed by atoms with van der Waals surface area (Å²) in [7, 11) is 1.87. The van der Waals surface area contributed by atoms with Crippen LogP contribution in [0, 0.1) is 0 Å². The Hall–Kier alpha value is -4.37. The molecule has 2 fully saturated rings. The van der Waals surface area contributed by atoms with Crippen LogP contribution in [0.15, 0.2) is 113 Å². The standard InChI is InChI=1S/C36H38N5O3/c1-43-36(30-7-3-2-4-8-30)21-19-32(20-22-36)40-25-23-39(24-26-40)31-15-11-28(12-16-31)29-13-17-33(18-14-29)41(44-27-42)35-10-6-5-9-34(35)37-38-41/h2-18,27,32H,19-26H2,1H3/q+1/t32-,36-,41?. The molecule has 4 aromatic rings. The second-order valence-electron chi connectivity index (χ2n) is 11.9. The molecule has 1 atom stereocenters. The molecule has 1 saturated carbocycles. The van der Waals surface area contributed by atoms with E-state index in [9.17, 15) is 4.79 Å². The van der Waals surface area contributed by atoms with E-state index in [-0.39, 0.29) is 5.60 Å². The normalized spacial score (nSPS) is 25.0. The molecule has 8 nitrogen and oxygen atoms in total. The highest BCUT2D eigenvalue weighted by Crippen LogP contribution is 2.47. The van der Waals surface area contributed by atoms with Crippen LogP contribution >= 0.6 is 0 Å². The van der Waals surface area contributed by atoms with E-state index >= 15 is 0 Å². The van der Waals surface area contributed by atoms with Crippen LogP contribution in [0.3, 0.4) is 0 Å². The van der Waals surface area contributed by atoms with Gasteiger partial charge in [0.25, 0.3) is 0 Å². The number of rotatable bonds is 8. The van der Waals surface area contributed by atoms with Gasteiger partial charge in [0, 0.05) is 63.2 Å². The number of ether oxygens (including phenoxy) is 1. The molecule has 0 aromatic heterocycles. The summed E-state index contributed by atoms with van der Waals surface area (Å²) >= 11 is 0. The molecule has 8 heteroatoms. The Labute approximate surface area is 258 Å². The fraction of sp³-hybridized carbons (Fsp3) is 0.306. The maximum Gasteiger partial charge on any atom is 0.360 e. The molecule has 0 radical (unpaired) electrons. The van der Waals surface area contributed by atoms with Gasteiger partial charge >= 0.3 is 6.47 Å². The molecule has 2 heterocycles. The van der Waals surface area contributed by atoms with Gasteiger partial charge in [0.15, 0.2) is 5.69 Å². The fourth-order valence-electron chi connectivity index (χ4n) is 7.21. The second kappa shape index (κ2) is 12.0. The zero-order valence-electron chi connectivity index (χ0n) is 25.1. The molecule has 1 unspecified atom stereocenters. The van der Waals surface area contributed by atoms with Crippen LogP contribution in [0.25, 0.3) is 11.1 Å². The van der Waals surface area contributed by atoms with Crippen LogP contribution in [-0.2, 0) is 20.0 Å². The van der Waals surface area contributed by atoms with Gasteiger partial charge in [0.1, 0.15) is 0 Å². The van der Waals surface area contributed by atoms with Crippen LogP contribution in [0.2, 0.25) is 0 Å². The number of benzene rings is 4. The first-order valence-electron chi connectivity index (χ1n) is 15.5. The monoisotopic (exact) mass is 588 g/mol. The summed E-state index contributed by atoms with van der Waals surface area (Å²) in [4.78, 5) is 22.1. The molecule has 1 saturated heterocycles. The summed E-state index contributed by atoms with van der Waals surface area (Å²) in [6.45, 7) is 4.66. The van der Waals surface area contributed by atoms with Crippen molar-refractivity contribution in [3.63, 3.8) is 0 Å². The third-order valence-corrected chi connectivity index (χ3v) is 9.75. The number of carbonyl (C=O) groups is 1. The van der Waals surface area contributed by atoms with Crippen molar-refractivity contribution < 1.29 is 14.4 Å². The predicted molar refractivity (Wildman–Crippen MR) is 173 cm³/mol. The van der Waals surface area contributed by atoms with Gasteiger partial charge in [-0.1, -0.05) is 59.7 Å². The summed E-state index contributed by atoms with van der Waals surface area (Å²) in [5.74, 6) is 0. The lowest BCUT2D eigenvalue weighted by molar-refractivity contribution is -0.156. The van der Waals surface area contributed by atoms with Crippen LogP contribution in [-0.4, -0.2) is 50.7 Å². The van der Waals surface area contributed by atoms with Crippen molar-refractivity contribution >= 4 is 29.2 Å². The van der Waals surface area contributed by atoms with Gasteiger partial charge in [0.05, 0.1) is 15.6 Å². The van der Waals surface area contributed by atoms with Crippen LogP contribution < -0.4 is 9.66 Å². The third-order valence-electron chi connectivity index (χ3n) is 9.75. The van der Waals surface area contributed by atoms with Crippen molar-refractivity contribution in [3.8, 4) is 11.1 Å². The highest BCUT2D eigenvalue weighted by molar-refractivity contribution is 5.74. The quantitative estimate of drug-likeness (QED) is 0.156. The molecule has 1 aliphatic carbocycles. The fourth-order valence-corrected chi connectivity index (χ4v) is 7.21. The minimum absolute atomic E-state index is 0.140. The Morgan fingerprint density at radius 1 is 0.795 bits per heavy atom. The zero-order chi connectivity index (χ0) is 30.0. The van der Waals surface area contributed by atoms with Gasteiger partial charge in [-0.05, 0) is 72.7 Å². The first-order valence-corrected chi connectivity index (χ1v) is 15.5. The van der Waals surface area contributed by atoms with Gasteiger partial charge in [0.2, 0.25) is 11.4 Å². The summed E-state index contributed by atoms with van der Waals surface area (Å²) in [5.41, 5.74) is 6.74. The number of methoxy groups -OCH3 is 1. The number of hydrogen-bond acceptors (Lipinski definition) is 7. The average molecular weight is 589 g/mol. The molecule has 0 amide bonds. The van der Waals surface area contributed by atoms with E-state index in [2.05, 4.69) is 74.7 Å². The number of piperazine rings is 1. The Bertz CT molecular complexity index is 1610. The van der Waals surface area contributed by atoms with Gasteiger partial charge < -0.3 is 9.64 Å². The number of hydrogen-bond donors (Lipinski definition) is 0. The molecule has 4 aromatic carbocycles. The SMILES string of the molecule is CO[C@]1(c2ccccc2)CC[C@@H](N2CCN(c3ccc(-c4ccc([N+]5(OC=O)N=Nc6ccccc65)cc4)cc3)CC2)CC1. The van der Waals surface area contributed by atoms with Crippen molar-refractivity contribution in [1.82, 2.24) is 9.66 Å². The van der Waals surface area contributed by atoms with E-state index < -0.39 is 4.76 Å². The molecule has 44 heavy (non-hydrogen) atoms. The number of anilines is 1. The molecule has 3 aliphatic rings. The van der Waals surface area contributed by atoms with Gasteiger partial charge in [-0.25, -0.2) is 9.63 Å². The number of fused-ring (bicyclic) bond motifs is 1. The van der Waals surface area contributed by atoms with E-state index in [1.165, 1.54) is 24.1 Å². The first kappa shape index (κ1) is 28.4. The summed E-state index contributed by atoms with van der Waals surface area (Å²) in [6, 6.07) is 35.6. The molecule has 224 valence electrons. The van der Waals surface area contributed by atoms with Crippen LogP contribution in [0.1, 0.15) is 31.2 Å². The summed E-state index contributed by atoms with van der Waals surface area (Å²) in [6.07, 6.45) is 4.49. The smallest absolute Gasteiger partial charge is 0.360 e. The Morgan fingerprint density at radius 2 is 1.43 bits per heavy atom. The maximum atomic E-state index is 11.4. The number of quaternary nitrogens is 1. The molecular formula is C36H38N5O3+. The molecular weight excluding hydrogens is 550 g/mol. The lowest BCUT2D eigenvalue weighted by atomic mass is 9.77. The lowest BCUT2D eigenvalue weighted by Gasteiger charge is -2.46. The molecule has 0 bridgehead atoms. The second-order valence-corrected chi connectivity index (χ2v) is 11.9.